The molecule has 8 atom stereocenters. The van der Waals surface area contributed by atoms with E-state index < -0.39 is 48.2 Å². The Kier molecular flexibility index (Phi) is 4.99. The maximum absolute atomic E-state index is 14.5. The number of alkyl halides is 2. The van der Waals surface area contributed by atoms with E-state index >= 15 is 0 Å². The predicted octanol–water partition coefficient (Wildman–Crippen LogP) is 3.40. The minimum absolute atomic E-state index is 0.0166. The summed E-state index contributed by atoms with van der Waals surface area (Å²) in [6, 6.07) is -2.02. The molecule has 184 valence electrons. The number of ether oxygens (including phenoxy) is 1. The Balaban J connectivity index is 1.31. The van der Waals surface area contributed by atoms with Gasteiger partial charge in [-0.2, -0.15) is 0 Å². The van der Waals surface area contributed by atoms with Crippen molar-refractivity contribution in [2.24, 2.45) is 23.2 Å². The van der Waals surface area contributed by atoms with Crippen LogP contribution in [-0.2, 0) is 18.8 Å². The summed E-state index contributed by atoms with van der Waals surface area (Å²) < 4.78 is 47.0. The van der Waals surface area contributed by atoms with Gasteiger partial charge in [-0.3, -0.25) is 4.79 Å². The topological polar surface area (TPSA) is 77.1 Å². The van der Waals surface area contributed by atoms with Crippen LogP contribution in [0, 0.1) is 23.2 Å². The molecule has 3 saturated carbocycles. The van der Waals surface area contributed by atoms with Crippen LogP contribution in [0.1, 0.15) is 67.2 Å². The van der Waals surface area contributed by atoms with E-state index in [1.165, 1.54) is 4.90 Å². The van der Waals surface area contributed by atoms with Crippen LogP contribution in [0.15, 0.2) is 0 Å². The SMILES string of the molecule is CC(C)(C)OC(=O)N[C@H](C(=O)N1CCC[C@H]1B1OC2C3C[C@@H]4C[C@@H](C34C)[C@]2(C)O1)C(C)(F)F. The van der Waals surface area contributed by atoms with Gasteiger partial charge in [-0.05, 0) is 76.5 Å². The van der Waals surface area contributed by atoms with Gasteiger partial charge in [-0.15, -0.1) is 0 Å². The monoisotopic (exact) mass is 468 g/mol. The maximum Gasteiger partial charge on any atom is 0.481 e. The molecule has 2 heterocycles. The number of nitrogens with zero attached hydrogens (tertiary/aromatic N) is 1. The molecule has 5 aliphatic rings. The molecule has 0 aromatic heterocycles. The summed E-state index contributed by atoms with van der Waals surface area (Å²) in [5.74, 6) is -3.08. The number of hydrogen-bond donors (Lipinski definition) is 1. The Hall–Kier alpha value is -1.42. The molecule has 0 radical (unpaired) electrons. The molecule has 2 saturated heterocycles. The van der Waals surface area contributed by atoms with Gasteiger partial charge in [0.05, 0.1) is 17.6 Å². The van der Waals surface area contributed by atoms with E-state index in [-0.39, 0.29) is 6.10 Å². The first-order valence-corrected chi connectivity index (χ1v) is 12.2. The van der Waals surface area contributed by atoms with Crippen molar-refractivity contribution in [1.82, 2.24) is 10.2 Å². The smallest absolute Gasteiger partial charge is 0.444 e. The third-order valence-electron chi connectivity index (χ3n) is 9.07. The molecule has 2 amide bonds. The average Bonchev–Trinajstić information content (AvgIpc) is 3.27. The number of likely N-dealkylation sites (tertiary alicyclic amines) is 1. The highest BCUT2D eigenvalue weighted by molar-refractivity contribution is 6.48. The molecule has 5 fully saturated rings. The molecule has 0 aromatic carbocycles. The van der Waals surface area contributed by atoms with Crippen LogP contribution in [0.5, 0.6) is 0 Å². The highest BCUT2D eigenvalue weighted by Crippen LogP contribution is 2.79. The van der Waals surface area contributed by atoms with Crippen LogP contribution < -0.4 is 5.32 Å². The van der Waals surface area contributed by atoms with Crippen molar-refractivity contribution in [3.05, 3.63) is 0 Å². The molecule has 7 nitrogen and oxygen atoms in total. The molecule has 0 bridgehead atoms. The second-order valence-corrected chi connectivity index (χ2v) is 12.2. The fourth-order valence-corrected chi connectivity index (χ4v) is 7.44. The van der Waals surface area contributed by atoms with Crippen LogP contribution in [0.4, 0.5) is 13.6 Å². The van der Waals surface area contributed by atoms with Crippen molar-refractivity contribution in [2.45, 2.75) is 102 Å². The summed E-state index contributed by atoms with van der Waals surface area (Å²) in [6.45, 7) is 10.3. The number of alkyl carbamates (subject to hydrolysis) is 1. The highest BCUT2D eigenvalue weighted by Gasteiger charge is 2.80. The Bertz CT molecular complexity index is 863. The van der Waals surface area contributed by atoms with Gasteiger partial charge in [0.2, 0.25) is 0 Å². The summed E-state index contributed by atoms with van der Waals surface area (Å²) in [5, 5.41) is 2.11. The first-order chi connectivity index (χ1) is 15.2. The summed E-state index contributed by atoms with van der Waals surface area (Å²) in [6.07, 6.45) is 2.52. The molecular weight excluding hydrogens is 433 g/mol. The van der Waals surface area contributed by atoms with Crippen LogP contribution in [0.2, 0.25) is 0 Å². The van der Waals surface area contributed by atoms with Crippen molar-refractivity contribution in [1.29, 1.82) is 0 Å². The fraction of sp³-hybridized carbons (Fsp3) is 0.913. The van der Waals surface area contributed by atoms with Gasteiger partial charge in [-0.25, -0.2) is 13.6 Å². The van der Waals surface area contributed by atoms with E-state index in [0.717, 1.165) is 18.8 Å². The van der Waals surface area contributed by atoms with E-state index in [2.05, 4.69) is 19.2 Å². The molecule has 2 aliphatic heterocycles. The lowest BCUT2D eigenvalue weighted by Gasteiger charge is -2.64. The third kappa shape index (κ3) is 3.33. The van der Waals surface area contributed by atoms with E-state index in [1.54, 1.807) is 20.8 Å². The molecule has 10 heteroatoms. The fourth-order valence-electron chi connectivity index (χ4n) is 7.44. The number of hydrogen-bond acceptors (Lipinski definition) is 5. The molecule has 3 unspecified atom stereocenters. The zero-order valence-electron chi connectivity index (χ0n) is 20.3. The number of fused-ring (bicyclic) bond motifs is 3. The number of nitrogens with one attached hydrogen (secondary N) is 1. The quantitative estimate of drug-likeness (QED) is 0.641. The lowest BCUT2D eigenvalue weighted by atomic mass is 9.41. The third-order valence-corrected chi connectivity index (χ3v) is 9.07. The van der Waals surface area contributed by atoms with Crippen molar-refractivity contribution in [2.75, 3.05) is 6.54 Å². The number of rotatable bonds is 4. The molecule has 3 aliphatic carbocycles. The number of carbonyl (C=O) groups excluding carboxylic acids is 2. The zero-order valence-corrected chi connectivity index (χ0v) is 20.3. The minimum Gasteiger partial charge on any atom is -0.444 e. The summed E-state index contributed by atoms with van der Waals surface area (Å²) in [4.78, 5) is 26.9. The maximum atomic E-state index is 14.5. The van der Waals surface area contributed by atoms with Crippen molar-refractivity contribution in [3.8, 4) is 0 Å². The lowest BCUT2D eigenvalue weighted by Crippen LogP contribution is -2.62. The Morgan fingerprint density at radius 3 is 2.52 bits per heavy atom. The normalized spacial score (nSPS) is 42.2. The Morgan fingerprint density at radius 2 is 1.91 bits per heavy atom. The molecule has 5 rings (SSSR count). The number of halogens is 2. The van der Waals surface area contributed by atoms with Crippen LogP contribution in [-0.4, -0.2) is 65.8 Å². The summed E-state index contributed by atoms with van der Waals surface area (Å²) in [7, 11) is -0.636. The number of carbonyl (C=O) groups is 2. The molecule has 33 heavy (non-hydrogen) atoms. The van der Waals surface area contributed by atoms with Gasteiger partial charge in [0.15, 0.2) is 6.04 Å². The van der Waals surface area contributed by atoms with E-state index in [1.807, 2.05) is 0 Å². The van der Waals surface area contributed by atoms with E-state index in [0.29, 0.717) is 43.6 Å². The second kappa shape index (κ2) is 7.06. The first-order valence-electron chi connectivity index (χ1n) is 12.2. The molecule has 0 spiro atoms. The van der Waals surface area contributed by atoms with Crippen molar-refractivity contribution in [3.63, 3.8) is 0 Å². The molecule has 1 N–H and O–H groups in total. The van der Waals surface area contributed by atoms with E-state index in [9.17, 15) is 18.4 Å². The average molecular weight is 468 g/mol. The Labute approximate surface area is 194 Å². The van der Waals surface area contributed by atoms with Crippen LogP contribution in [0.25, 0.3) is 0 Å². The summed E-state index contributed by atoms with van der Waals surface area (Å²) >= 11 is 0. The van der Waals surface area contributed by atoms with Gasteiger partial charge in [0.25, 0.3) is 11.8 Å². The molecular formula is C23H35BF2N2O5. The van der Waals surface area contributed by atoms with Gasteiger partial charge >= 0.3 is 13.2 Å². The molecule has 0 aromatic rings. The van der Waals surface area contributed by atoms with Crippen molar-refractivity contribution >= 4 is 19.1 Å². The lowest BCUT2D eigenvalue weighted by molar-refractivity contribution is -0.176. The summed E-state index contributed by atoms with van der Waals surface area (Å²) in [5.41, 5.74) is -0.967. The largest absolute Gasteiger partial charge is 0.481 e. The zero-order chi connectivity index (χ0) is 24.1. The number of amides is 2. The standard InChI is InChI=1S/C23H35BF2N2O5/c1-20(2,3)31-19(30)27-16(23(6,25)26)18(29)28-9-7-8-15(28)24-32-17-13-10-12-11-14(21(12,13)4)22(17,5)33-24/h12-17H,7-11H2,1-6H3,(H,27,30)/t12-,13?,14+,15+,16-,17?,21?,22+/m1/s1. The Morgan fingerprint density at radius 1 is 1.21 bits per heavy atom. The van der Waals surface area contributed by atoms with Crippen molar-refractivity contribution < 1.29 is 32.4 Å². The van der Waals surface area contributed by atoms with Gasteiger partial charge in [0, 0.05) is 13.5 Å². The van der Waals surface area contributed by atoms with Crippen LogP contribution in [0.3, 0.4) is 0 Å². The minimum atomic E-state index is -3.46. The highest BCUT2D eigenvalue weighted by atomic mass is 19.3. The second-order valence-electron chi connectivity index (χ2n) is 12.2. The van der Waals surface area contributed by atoms with Gasteiger partial charge in [0.1, 0.15) is 5.60 Å². The van der Waals surface area contributed by atoms with E-state index in [4.69, 9.17) is 14.0 Å². The predicted molar refractivity (Wildman–Crippen MR) is 116 cm³/mol. The van der Waals surface area contributed by atoms with Crippen LogP contribution >= 0.6 is 0 Å². The van der Waals surface area contributed by atoms with Gasteiger partial charge < -0.3 is 24.3 Å². The van der Waals surface area contributed by atoms with Gasteiger partial charge in [-0.1, -0.05) is 6.92 Å². The first kappa shape index (κ1) is 23.3.